The van der Waals surface area contributed by atoms with Gasteiger partial charge in [0.1, 0.15) is 11.1 Å². The molecule has 158 valence electrons. The molecular formula is C23H19ClN2O5. The average Bonchev–Trinajstić information content (AvgIpc) is 3.15. The number of carbonyl (C=O) groups is 1. The summed E-state index contributed by atoms with van der Waals surface area (Å²) in [5.41, 5.74) is 2.26. The minimum absolute atomic E-state index is 0.128. The highest BCUT2D eigenvalue weighted by atomic mass is 35.5. The molecular weight excluding hydrogens is 420 g/mol. The standard InChI is InChI=1S/C23H19ClN2O5/c1-3-29-22(26-24)14-9-7-8-13(12-14)17-18(23(28)30-4-2)21(27)25-19-15-10-5-6-11-16(15)31-20(17)19/h5-12H,3-4H2,1-2H3,(H,25,27). The summed E-state index contributed by atoms with van der Waals surface area (Å²) < 4.78 is 20.4. The molecule has 31 heavy (non-hydrogen) atoms. The lowest BCUT2D eigenvalue weighted by Crippen LogP contribution is -2.21. The molecule has 7 nitrogen and oxygen atoms in total. The van der Waals surface area contributed by atoms with Crippen molar-refractivity contribution in [2.75, 3.05) is 13.2 Å². The quantitative estimate of drug-likeness (QED) is 0.267. The van der Waals surface area contributed by atoms with Crippen LogP contribution in [0.2, 0.25) is 0 Å². The molecule has 4 rings (SSSR count). The largest absolute Gasteiger partial charge is 0.477 e. The lowest BCUT2D eigenvalue weighted by Gasteiger charge is -2.11. The topological polar surface area (TPSA) is 93.9 Å². The van der Waals surface area contributed by atoms with Gasteiger partial charge in [-0.05, 0) is 43.7 Å². The van der Waals surface area contributed by atoms with E-state index in [9.17, 15) is 9.59 Å². The van der Waals surface area contributed by atoms with Crippen molar-refractivity contribution in [1.29, 1.82) is 0 Å². The lowest BCUT2D eigenvalue weighted by atomic mass is 9.98. The molecule has 0 fully saturated rings. The van der Waals surface area contributed by atoms with Gasteiger partial charge < -0.3 is 18.9 Å². The van der Waals surface area contributed by atoms with Gasteiger partial charge in [-0.2, -0.15) is 0 Å². The van der Waals surface area contributed by atoms with Crippen molar-refractivity contribution in [3.8, 4) is 11.1 Å². The van der Waals surface area contributed by atoms with Crippen molar-refractivity contribution in [2.45, 2.75) is 13.8 Å². The zero-order valence-corrected chi connectivity index (χ0v) is 17.7. The molecule has 0 radical (unpaired) electrons. The third kappa shape index (κ3) is 3.68. The first kappa shape index (κ1) is 20.7. The highest BCUT2D eigenvalue weighted by Gasteiger charge is 2.25. The molecule has 2 aromatic heterocycles. The normalized spacial score (nSPS) is 11.8. The molecule has 2 aromatic carbocycles. The zero-order valence-electron chi connectivity index (χ0n) is 16.9. The summed E-state index contributed by atoms with van der Waals surface area (Å²) in [5.74, 6) is -0.503. The molecule has 0 amide bonds. The van der Waals surface area contributed by atoms with Crippen molar-refractivity contribution in [3.63, 3.8) is 0 Å². The number of carbonyl (C=O) groups excluding carboxylic acids is 1. The van der Waals surface area contributed by atoms with Crippen molar-refractivity contribution in [2.24, 2.45) is 4.51 Å². The van der Waals surface area contributed by atoms with Crippen molar-refractivity contribution in [1.82, 2.24) is 4.98 Å². The fourth-order valence-electron chi connectivity index (χ4n) is 3.52. The van der Waals surface area contributed by atoms with E-state index in [1.807, 2.05) is 25.1 Å². The number of pyridine rings is 1. The predicted octanol–water partition coefficient (Wildman–Crippen LogP) is 5.05. The van der Waals surface area contributed by atoms with Crippen LogP contribution in [0, 0.1) is 0 Å². The minimum atomic E-state index is -0.734. The molecule has 0 unspecified atom stereocenters. The summed E-state index contributed by atoms with van der Waals surface area (Å²) in [6, 6.07) is 14.4. The first-order valence-electron chi connectivity index (χ1n) is 9.76. The number of fused-ring (bicyclic) bond motifs is 3. The number of nitrogens with one attached hydrogen (secondary N) is 1. The van der Waals surface area contributed by atoms with Gasteiger partial charge in [0.05, 0.1) is 18.7 Å². The van der Waals surface area contributed by atoms with Gasteiger partial charge in [0.2, 0.25) is 5.90 Å². The molecule has 0 aliphatic rings. The number of aromatic amines is 1. The van der Waals surface area contributed by atoms with Crippen molar-refractivity contribution < 1.29 is 18.7 Å². The first-order valence-corrected chi connectivity index (χ1v) is 10.1. The molecule has 2 heterocycles. The van der Waals surface area contributed by atoms with Crippen molar-refractivity contribution in [3.05, 3.63) is 70.0 Å². The third-order valence-electron chi connectivity index (χ3n) is 4.77. The van der Waals surface area contributed by atoms with Gasteiger partial charge >= 0.3 is 5.97 Å². The van der Waals surface area contributed by atoms with Gasteiger partial charge in [0.25, 0.3) is 5.56 Å². The van der Waals surface area contributed by atoms with E-state index < -0.39 is 11.5 Å². The summed E-state index contributed by atoms with van der Waals surface area (Å²) in [4.78, 5) is 28.5. The Hall–Kier alpha value is -3.58. The number of esters is 1. The fraction of sp³-hybridized carbons (Fsp3) is 0.174. The van der Waals surface area contributed by atoms with Crippen LogP contribution in [0.4, 0.5) is 0 Å². The van der Waals surface area contributed by atoms with E-state index in [0.29, 0.717) is 40.0 Å². The zero-order chi connectivity index (χ0) is 22.0. The number of ether oxygens (including phenoxy) is 2. The molecule has 0 saturated carbocycles. The van der Waals surface area contributed by atoms with Crippen LogP contribution in [-0.2, 0) is 9.47 Å². The van der Waals surface area contributed by atoms with E-state index in [2.05, 4.69) is 9.50 Å². The minimum Gasteiger partial charge on any atom is -0.477 e. The number of furan rings is 1. The first-order chi connectivity index (χ1) is 15.1. The molecule has 0 saturated heterocycles. The van der Waals surface area contributed by atoms with Crippen LogP contribution in [-0.4, -0.2) is 30.1 Å². The molecule has 0 spiro atoms. The van der Waals surface area contributed by atoms with E-state index >= 15 is 0 Å². The maximum absolute atomic E-state index is 13.0. The molecule has 0 aliphatic heterocycles. The third-order valence-corrected chi connectivity index (χ3v) is 4.93. The monoisotopic (exact) mass is 438 g/mol. The maximum atomic E-state index is 13.0. The van der Waals surface area contributed by atoms with E-state index in [4.69, 9.17) is 25.7 Å². The highest BCUT2D eigenvalue weighted by Crippen LogP contribution is 2.36. The summed E-state index contributed by atoms with van der Waals surface area (Å²) >= 11 is 5.69. The van der Waals surface area contributed by atoms with Crippen LogP contribution in [0.5, 0.6) is 0 Å². The van der Waals surface area contributed by atoms with Crippen LogP contribution in [0.25, 0.3) is 33.2 Å². The van der Waals surface area contributed by atoms with Gasteiger partial charge in [-0.1, -0.05) is 24.3 Å². The van der Waals surface area contributed by atoms with Crippen LogP contribution in [0.15, 0.2) is 62.3 Å². The van der Waals surface area contributed by atoms with Gasteiger partial charge in [0.15, 0.2) is 5.58 Å². The van der Waals surface area contributed by atoms with Crippen LogP contribution in [0.3, 0.4) is 0 Å². The summed E-state index contributed by atoms with van der Waals surface area (Å²) in [6.45, 7) is 4.00. The van der Waals surface area contributed by atoms with Crippen LogP contribution in [0.1, 0.15) is 29.8 Å². The number of rotatable bonds is 5. The maximum Gasteiger partial charge on any atom is 0.344 e. The summed E-state index contributed by atoms with van der Waals surface area (Å²) in [7, 11) is 0. The summed E-state index contributed by atoms with van der Waals surface area (Å²) in [5, 5.41) is 0.736. The van der Waals surface area contributed by atoms with E-state index in [0.717, 1.165) is 5.39 Å². The van der Waals surface area contributed by atoms with Crippen LogP contribution >= 0.6 is 11.8 Å². The van der Waals surface area contributed by atoms with E-state index in [-0.39, 0.29) is 18.1 Å². The Labute approximate surface area is 182 Å². The second-order valence-corrected chi connectivity index (χ2v) is 6.80. The highest BCUT2D eigenvalue weighted by molar-refractivity contribution is 6.21. The molecule has 8 heteroatoms. The number of halogens is 1. The number of hydrogen-bond donors (Lipinski definition) is 1. The Morgan fingerprint density at radius 1 is 1.10 bits per heavy atom. The van der Waals surface area contributed by atoms with Gasteiger partial charge in [0, 0.05) is 28.3 Å². The van der Waals surface area contributed by atoms with Crippen LogP contribution < -0.4 is 5.56 Å². The molecule has 0 atom stereocenters. The Balaban J connectivity index is 2.07. The number of hydrogen-bond acceptors (Lipinski definition) is 6. The van der Waals surface area contributed by atoms with Gasteiger partial charge in [-0.3, -0.25) is 4.79 Å². The average molecular weight is 439 g/mol. The number of para-hydroxylation sites is 1. The van der Waals surface area contributed by atoms with Gasteiger partial charge in [-0.25, -0.2) is 4.79 Å². The second kappa shape index (κ2) is 8.65. The molecule has 4 aromatic rings. The summed E-state index contributed by atoms with van der Waals surface area (Å²) in [6.07, 6.45) is 0. The van der Waals surface area contributed by atoms with Gasteiger partial charge in [-0.15, -0.1) is 4.51 Å². The Morgan fingerprint density at radius 2 is 1.87 bits per heavy atom. The lowest BCUT2D eigenvalue weighted by molar-refractivity contribution is 0.0525. The predicted molar refractivity (Wildman–Crippen MR) is 120 cm³/mol. The Kier molecular flexibility index (Phi) is 5.77. The number of nitrogens with zero attached hydrogens (tertiary/aromatic N) is 1. The van der Waals surface area contributed by atoms with Crippen molar-refractivity contribution >= 4 is 45.7 Å². The van der Waals surface area contributed by atoms with E-state index in [1.54, 1.807) is 37.3 Å². The van der Waals surface area contributed by atoms with E-state index in [1.165, 1.54) is 0 Å². The fourth-order valence-corrected chi connectivity index (χ4v) is 3.67. The number of benzene rings is 2. The number of H-pyrrole nitrogens is 1. The smallest absolute Gasteiger partial charge is 0.344 e. The molecule has 0 aliphatic carbocycles. The SMILES string of the molecule is CCOC(=O)c1c(-c2cccc(C(=NCl)OCC)c2)c2oc3ccccc3c2[nH]c1=O. The molecule has 1 N–H and O–H groups in total. The second-order valence-electron chi connectivity index (χ2n) is 6.63. The number of aromatic nitrogens is 1. The Morgan fingerprint density at radius 3 is 2.61 bits per heavy atom. The Bertz CT molecular complexity index is 1370. The molecule has 0 bridgehead atoms.